The standard InChI is InChI=1S/C15H23NO/c1-16(12-13-6-5-7-13)15(10-11-17)14-8-3-2-4-9-14/h2-4,8-9,13,15,17H,5-7,10-12H2,1H3. The zero-order chi connectivity index (χ0) is 12.1. The van der Waals surface area contributed by atoms with E-state index in [1.165, 1.54) is 31.4 Å². The van der Waals surface area contributed by atoms with Gasteiger partial charge in [0.25, 0.3) is 0 Å². The fraction of sp³-hybridized carbons (Fsp3) is 0.600. The highest BCUT2D eigenvalue weighted by molar-refractivity contribution is 5.19. The molecule has 17 heavy (non-hydrogen) atoms. The van der Waals surface area contributed by atoms with Gasteiger partial charge in [-0.3, -0.25) is 4.90 Å². The predicted molar refractivity (Wildman–Crippen MR) is 70.9 cm³/mol. The molecular formula is C15H23NO. The lowest BCUT2D eigenvalue weighted by Crippen LogP contribution is -2.33. The van der Waals surface area contributed by atoms with Crippen molar-refractivity contribution in [3.63, 3.8) is 0 Å². The predicted octanol–water partition coefficient (Wildman–Crippen LogP) is 2.84. The summed E-state index contributed by atoms with van der Waals surface area (Å²) in [5, 5.41) is 9.23. The molecule has 0 saturated heterocycles. The topological polar surface area (TPSA) is 23.5 Å². The van der Waals surface area contributed by atoms with Crippen molar-refractivity contribution in [3.05, 3.63) is 35.9 Å². The number of nitrogens with zero attached hydrogens (tertiary/aromatic N) is 1. The van der Waals surface area contributed by atoms with Gasteiger partial charge in [0, 0.05) is 19.2 Å². The summed E-state index contributed by atoms with van der Waals surface area (Å²) < 4.78 is 0. The van der Waals surface area contributed by atoms with Crippen LogP contribution in [0.1, 0.15) is 37.3 Å². The van der Waals surface area contributed by atoms with Gasteiger partial charge >= 0.3 is 0 Å². The molecule has 1 atom stereocenters. The maximum absolute atomic E-state index is 9.23. The summed E-state index contributed by atoms with van der Waals surface area (Å²) in [6.45, 7) is 1.42. The molecule has 2 nitrogen and oxygen atoms in total. The van der Waals surface area contributed by atoms with E-state index in [2.05, 4.69) is 36.2 Å². The lowest BCUT2D eigenvalue weighted by Gasteiger charge is -2.35. The molecule has 1 aliphatic rings. The molecule has 94 valence electrons. The Morgan fingerprint density at radius 3 is 2.53 bits per heavy atom. The molecule has 1 aromatic rings. The Bertz CT molecular complexity index is 321. The third-order valence-corrected chi connectivity index (χ3v) is 3.89. The molecule has 1 saturated carbocycles. The first kappa shape index (κ1) is 12.6. The van der Waals surface area contributed by atoms with Gasteiger partial charge in [-0.1, -0.05) is 36.8 Å². The molecule has 0 heterocycles. The summed E-state index contributed by atoms with van der Waals surface area (Å²) in [6.07, 6.45) is 4.98. The number of hydrogen-bond donors (Lipinski definition) is 1. The quantitative estimate of drug-likeness (QED) is 0.816. The lowest BCUT2D eigenvalue weighted by atomic mass is 9.84. The molecule has 1 aromatic carbocycles. The highest BCUT2D eigenvalue weighted by atomic mass is 16.3. The van der Waals surface area contributed by atoms with Crippen molar-refractivity contribution in [3.8, 4) is 0 Å². The number of aliphatic hydroxyl groups excluding tert-OH is 1. The van der Waals surface area contributed by atoms with Crippen LogP contribution in [0, 0.1) is 5.92 Å². The van der Waals surface area contributed by atoms with Crippen LogP contribution in [-0.4, -0.2) is 30.2 Å². The Morgan fingerprint density at radius 1 is 1.29 bits per heavy atom. The van der Waals surface area contributed by atoms with E-state index in [9.17, 15) is 5.11 Å². The van der Waals surface area contributed by atoms with Crippen molar-refractivity contribution >= 4 is 0 Å². The summed E-state index contributed by atoms with van der Waals surface area (Å²) >= 11 is 0. The molecule has 1 N–H and O–H groups in total. The third-order valence-electron chi connectivity index (χ3n) is 3.89. The van der Waals surface area contributed by atoms with Crippen LogP contribution in [0.3, 0.4) is 0 Å². The van der Waals surface area contributed by atoms with E-state index in [-0.39, 0.29) is 6.61 Å². The second-order valence-electron chi connectivity index (χ2n) is 5.18. The molecule has 0 radical (unpaired) electrons. The Labute approximate surface area is 104 Å². The highest BCUT2D eigenvalue weighted by Gasteiger charge is 2.23. The zero-order valence-corrected chi connectivity index (χ0v) is 10.7. The van der Waals surface area contributed by atoms with Crippen LogP contribution in [0.25, 0.3) is 0 Å². The SMILES string of the molecule is CN(CC1CCC1)C(CCO)c1ccccc1. The van der Waals surface area contributed by atoms with E-state index in [1.54, 1.807) is 0 Å². The van der Waals surface area contributed by atoms with Gasteiger partial charge in [-0.15, -0.1) is 0 Å². The first-order chi connectivity index (χ1) is 8.31. The first-order valence-corrected chi connectivity index (χ1v) is 6.67. The van der Waals surface area contributed by atoms with E-state index < -0.39 is 0 Å². The van der Waals surface area contributed by atoms with Gasteiger partial charge in [0.15, 0.2) is 0 Å². The van der Waals surface area contributed by atoms with E-state index >= 15 is 0 Å². The van der Waals surface area contributed by atoms with Gasteiger partial charge in [-0.25, -0.2) is 0 Å². The highest BCUT2D eigenvalue weighted by Crippen LogP contribution is 2.30. The van der Waals surface area contributed by atoms with E-state index in [1.807, 2.05) is 6.07 Å². The van der Waals surface area contributed by atoms with Crippen LogP contribution in [0.4, 0.5) is 0 Å². The van der Waals surface area contributed by atoms with Crippen molar-refractivity contribution in [2.45, 2.75) is 31.7 Å². The lowest BCUT2D eigenvalue weighted by molar-refractivity contribution is 0.138. The first-order valence-electron chi connectivity index (χ1n) is 6.67. The van der Waals surface area contributed by atoms with Gasteiger partial charge in [-0.2, -0.15) is 0 Å². The van der Waals surface area contributed by atoms with Crippen LogP contribution < -0.4 is 0 Å². The number of rotatable bonds is 6. The second kappa shape index (κ2) is 6.18. The van der Waals surface area contributed by atoms with Gasteiger partial charge in [0.2, 0.25) is 0 Å². The summed E-state index contributed by atoms with van der Waals surface area (Å²) in [5.41, 5.74) is 1.32. The summed E-state index contributed by atoms with van der Waals surface area (Å²) in [5.74, 6) is 0.880. The van der Waals surface area contributed by atoms with Gasteiger partial charge in [-0.05, 0) is 37.8 Å². The smallest absolute Gasteiger partial charge is 0.0449 e. The fourth-order valence-corrected chi connectivity index (χ4v) is 2.65. The third kappa shape index (κ3) is 3.30. The Kier molecular flexibility index (Phi) is 4.57. The Balaban J connectivity index is 2.00. The molecular weight excluding hydrogens is 210 g/mol. The molecule has 2 heteroatoms. The maximum atomic E-state index is 9.23. The molecule has 0 bridgehead atoms. The minimum atomic E-state index is 0.258. The van der Waals surface area contributed by atoms with E-state index in [0.29, 0.717) is 6.04 Å². The van der Waals surface area contributed by atoms with Crippen molar-refractivity contribution in [2.75, 3.05) is 20.2 Å². The van der Waals surface area contributed by atoms with Crippen molar-refractivity contribution < 1.29 is 5.11 Å². The molecule has 0 aliphatic heterocycles. The normalized spacial score (nSPS) is 18.1. The molecule has 0 amide bonds. The van der Waals surface area contributed by atoms with E-state index in [4.69, 9.17) is 0 Å². The average Bonchev–Trinajstić information content (AvgIpc) is 2.31. The molecule has 1 unspecified atom stereocenters. The molecule has 0 aromatic heterocycles. The maximum Gasteiger partial charge on any atom is 0.0449 e. The van der Waals surface area contributed by atoms with Crippen LogP contribution >= 0.6 is 0 Å². The minimum Gasteiger partial charge on any atom is -0.396 e. The van der Waals surface area contributed by atoms with Crippen LogP contribution in [0.5, 0.6) is 0 Å². The Morgan fingerprint density at radius 2 is 2.00 bits per heavy atom. The molecule has 0 spiro atoms. The molecule has 2 rings (SSSR count). The number of benzene rings is 1. The van der Waals surface area contributed by atoms with E-state index in [0.717, 1.165) is 12.3 Å². The molecule has 1 fully saturated rings. The zero-order valence-electron chi connectivity index (χ0n) is 10.7. The summed E-state index contributed by atoms with van der Waals surface area (Å²) in [6, 6.07) is 10.9. The van der Waals surface area contributed by atoms with Crippen LogP contribution in [0.15, 0.2) is 30.3 Å². The summed E-state index contributed by atoms with van der Waals surface area (Å²) in [4.78, 5) is 2.41. The van der Waals surface area contributed by atoms with Crippen LogP contribution in [-0.2, 0) is 0 Å². The summed E-state index contributed by atoms with van der Waals surface area (Å²) in [7, 11) is 2.19. The van der Waals surface area contributed by atoms with Crippen molar-refractivity contribution in [1.29, 1.82) is 0 Å². The van der Waals surface area contributed by atoms with Crippen LogP contribution in [0.2, 0.25) is 0 Å². The van der Waals surface area contributed by atoms with Gasteiger partial charge < -0.3 is 5.11 Å². The van der Waals surface area contributed by atoms with Crippen molar-refractivity contribution in [2.24, 2.45) is 5.92 Å². The van der Waals surface area contributed by atoms with Crippen molar-refractivity contribution in [1.82, 2.24) is 4.90 Å². The average molecular weight is 233 g/mol. The second-order valence-corrected chi connectivity index (χ2v) is 5.18. The monoisotopic (exact) mass is 233 g/mol. The Hall–Kier alpha value is -0.860. The van der Waals surface area contributed by atoms with Gasteiger partial charge in [0.1, 0.15) is 0 Å². The number of hydrogen-bond acceptors (Lipinski definition) is 2. The largest absolute Gasteiger partial charge is 0.396 e. The molecule has 1 aliphatic carbocycles. The number of aliphatic hydroxyl groups is 1. The van der Waals surface area contributed by atoms with Gasteiger partial charge in [0.05, 0.1) is 0 Å². The fourth-order valence-electron chi connectivity index (χ4n) is 2.65. The minimum absolute atomic E-state index is 0.258.